The van der Waals surface area contributed by atoms with Gasteiger partial charge in [0.2, 0.25) is 11.6 Å². The van der Waals surface area contributed by atoms with Crippen LogP contribution < -0.4 is 10.9 Å². The Kier molecular flexibility index (Phi) is 6.36. The number of carbonyl (C=O) groups excluding carboxylic acids is 1. The first-order chi connectivity index (χ1) is 12.3. The number of hydrogen-bond donors (Lipinski definition) is 1. The summed E-state index contributed by atoms with van der Waals surface area (Å²) in [7, 11) is 0. The van der Waals surface area contributed by atoms with Gasteiger partial charge in [-0.25, -0.2) is 4.98 Å². The third-order valence-corrected chi connectivity index (χ3v) is 3.80. The molecule has 0 aliphatic rings. The molecular weight excluding hydrogens is 351 g/mol. The van der Waals surface area contributed by atoms with Gasteiger partial charge in [-0.05, 0) is 32.4 Å². The van der Waals surface area contributed by atoms with Gasteiger partial charge in [-0.3, -0.25) is 14.2 Å². The van der Waals surface area contributed by atoms with Crippen LogP contribution in [-0.4, -0.2) is 35.2 Å². The molecule has 1 atom stereocenters. The Morgan fingerprint density at radius 2 is 2.04 bits per heavy atom. The van der Waals surface area contributed by atoms with E-state index < -0.39 is 29.4 Å². The molecule has 1 aromatic heterocycles. The Hall–Kier alpha value is -2.42. The fourth-order valence-electron chi connectivity index (χ4n) is 2.52. The average Bonchev–Trinajstić information content (AvgIpc) is 2.59. The summed E-state index contributed by atoms with van der Waals surface area (Å²) in [6.45, 7) is 4.54. The van der Waals surface area contributed by atoms with E-state index in [-0.39, 0.29) is 11.0 Å². The van der Waals surface area contributed by atoms with E-state index in [1.165, 1.54) is 25.1 Å². The van der Waals surface area contributed by atoms with Gasteiger partial charge in [0.05, 0.1) is 11.0 Å². The highest BCUT2D eigenvalue weighted by Gasteiger charge is 2.38. The number of amides is 1. The first-order valence-electron chi connectivity index (χ1n) is 8.21. The highest BCUT2D eigenvalue weighted by molar-refractivity contribution is 5.83. The average molecular weight is 371 g/mol. The number of halogens is 3. The number of rotatable bonds is 7. The van der Waals surface area contributed by atoms with Gasteiger partial charge in [0, 0.05) is 19.8 Å². The van der Waals surface area contributed by atoms with Gasteiger partial charge in [-0.15, -0.1) is 0 Å². The Morgan fingerprint density at radius 3 is 2.69 bits per heavy atom. The van der Waals surface area contributed by atoms with E-state index >= 15 is 0 Å². The number of nitrogens with one attached hydrogen (secondary N) is 1. The summed E-state index contributed by atoms with van der Waals surface area (Å²) < 4.78 is 45.4. The van der Waals surface area contributed by atoms with Crippen molar-refractivity contribution in [3.63, 3.8) is 0 Å². The van der Waals surface area contributed by atoms with Crippen molar-refractivity contribution in [2.75, 3.05) is 19.8 Å². The molecule has 26 heavy (non-hydrogen) atoms. The Labute approximate surface area is 148 Å². The lowest BCUT2D eigenvalue weighted by atomic mass is 10.2. The van der Waals surface area contributed by atoms with E-state index in [9.17, 15) is 22.8 Å². The molecule has 0 saturated heterocycles. The Balaban J connectivity index is 2.36. The lowest BCUT2D eigenvalue weighted by Crippen LogP contribution is -2.39. The Morgan fingerprint density at radius 1 is 1.35 bits per heavy atom. The topological polar surface area (TPSA) is 73.2 Å². The van der Waals surface area contributed by atoms with E-state index in [2.05, 4.69) is 10.3 Å². The van der Waals surface area contributed by atoms with Gasteiger partial charge in [0.15, 0.2) is 0 Å². The van der Waals surface area contributed by atoms with Crippen LogP contribution in [0.5, 0.6) is 0 Å². The largest absolute Gasteiger partial charge is 0.438 e. The molecule has 0 spiro atoms. The summed E-state index contributed by atoms with van der Waals surface area (Å²) in [5, 5.41) is 2.61. The fraction of sp³-hybridized carbons (Fsp3) is 0.471. The maximum Gasteiger partial charge on any atom is 0.438 e. The molecule has 142 valence electrons. The molecule has 0 saturated carbocycles. The lowest BCUT2D eigenvalue weighted by molar-refractivity contribution is -0.142. The van der Waals surface area contributed by atoms with Gasteiger partial charge in [0.1, 0.15) is 6.04 Å². The monoisotopic (exact) mass is 371 g/mol. The fourth-order valence-corrected chi connectivity index (χ4v) is 2.52. The number of fused-ring (bicyclic) bond motifs is 1. The van der Waals surface area contributed by atoms with Crippen LogP contribution in [-0.2, 0) is 15.7 Å². The summed E-state index contributed by atoms with van der Waals surface area (Å²) in [6.07, 6.45) is -4.34. The van der Waals surface area contributed by atoms with Gasteiger partial charge in [0.25, 0.3) is 5.56 Å². The van der Waals surface area contributed by atoms with Crippen molar-refractivity contribution in [3.05, 3.63) is 40.3 Å². The van der Waals surface area contributed by atoms with Crippen LogP contribution in [0, 0.1) is 0 Å². The van der Waals surface area contributed by atoms with Crippen molar-refractivity contribution in [1.82, 2.24) is 14.9 Å². The van der Waals surface area contributed by atoms with Crippen molar-refractivity contribution < 1.29 is 22.7 Å². The quantitative estimate of drug-likeness (QED) is 0.759. The standard InChI is InChI=1S/C17H20F3N3O3/c1-3-26-10-6-9-21-15(24)11(2)23-13-8-5-4-7-12(13)22-14(16(23)25)17(18,19)20/h4-5,7-8,11H,3,6,9-10H2,1-2H3,(H,21,24)/t11-/m1/s1. The van der Waals surface area contributed by atoms with Gasteiger partial charge in [-0.2, -0.15) is 13.2 Å². The summed E-state index contributed by atoms with van der Waals surface area (Å²) in [6, 6.07) is 4.79. The number of benzene rings is 1. The van der Waals surface area contributed by atoms with Crippen LogP contribution in [0.3, 0.4) is 0 Å². The second kappa shape index (κ2) is 8.31. The molecular formula is C17H20F3N3O3. The molecule has 0 radical (unpaired) electrons. The van der Waals surface area contributed by atoms with Crippen LogP contribution in [0.2, 0.25) is 0 Å². The van der Waals surface area contributed by atoms with Crippen molar-refractivity contribution in [3.8, 4) is 0 Å². The van der Waals surface area contributed by atoms with Gasteiger partial charge in [-0.1, -0.05) is 12.1 Å². The molecule has 0 unspecified atom stereocenters. The van der Waals surface area contributed by atoms with E-state index in [0.717, 1.165) is 4.57 Å². The molecule has 6 nitrogen and oxygen atoms in total. The zero-order valence-corrected chi connectivity index (χ0v) is 14.5. The molecule has 1 heterocycles. The lowest BCUT2D eigenvalue weighted by Gasteiger charge is -2.19. The number of aromatic nitrogens is 2. The van der Waals surface area contributed by atoms with Crippen molar-refractivity contribution >= 4 is 16.9 Å². The highest BCUT2D eigenvalue weighted by atomic mass is 19.4. The van der Waals surface area contributed by atoms with Crippen LogP contribution in [0.15, 0.2) is 29.1 Å². The molecule has 0 aliphatic heterocycles. The number of hydrogen-bond acceptors (Lipinski definition) is 4. The molecule has 0 fully saturated rings. The molecule has 1 aromatic carbocycles. The first kappa shape index (κ1) is 19.9. The molecule has 2 rings (SSSR count). The smallest absolute Gasteiger partial charge is 0.382 e. The second-order valence-corrected chi connectivity index (χ2v) is 5.64. The minimum atomic E-state index is -4.91. The molecule has 2 aromatic rings. The Bertz CT molecular complexity index is 833. The van der Waals surface area contributed by atoms with E-state index in [4.69, 9.17) is 4.74 Å². The predicted molar refractivity (Wildman–Crippen MR) is 89.8 cm³/mol. The zero-order valence-electron chi connectivity index (χ0n) is 14.5. The maximum absolute atomic E-state index is 13.2. The molecule has 1 N–H and O–H groups in total. The second-order valence-electron chi connectivity index (χ2n) is 5.64. The number of para-hydroxylation sites is 2. The van der Waals surface area contributed by atoms with Crippen LogP contribution in [0.1, 0.15) is 32.0 Å². The SMILES string of the molecule is CCOCCCNC(=O)[C@@H](C)n1c(=O)c(C(F)(F)F)nc2ccccc21. The third kappa shape index (κ3) is 4.40. The van der Waals surface area contributed by atoms with E-state index in [0.29, 0.717) is 26.2 Å². The molecule has 1 amide bonds. The van der Waals surface area contributed by atoms with Crippen molar-refractivity contribution in [2.45, 2.75) is 32.5 Å². The highest BCUT2D eigenvalue weighted by Crippen LogP contribution is 2.27. The number of ether oxygens (including phenoxy) is 1. The first-order valence-corrected chi connectivity index (χ1v) is 8.21. The van der Waals surface area contributed by atoms with Crippen molar-refractivity contribution in [1.29, 1.82) is 0 Å². The maximum atomic E-state index is 13.2. The number of alkyl halides is 3. The van der Waals surface area contributed by atoms with E-state index in [1.807, 2.05) is 6.92 Å². The van der Waals surface area contributed by atoms with Crippen molar-refractivity contribution in [2.24, 2.45) is 0 Å². The minimum absolute atomic E-state index is 0.00424. The van der Waals surface area contributed by atoms with Crippen LogP contribution in [0.25, 0.3) is 11.0 Å². The molecule has 9 heteroatoms. The molecule has 0 aliphatic carbocycles. The summed E-state index contributed by atoms with van der Waals surface area (Å²) in [5.74, 6) is -0.548. The minimum Gasteiger partial charge on any atom is -0.382 e. The number of nitrogens with zero attached hydrogens (tertiary/aromatic N) is 2. The normalized spacial score (nSPS) is 13.0. The van der Waals surface area contributed by atoms with Gasteiger partial charge >= 0.3 is 6.18 Å². The predicted octanol–water partition coefficient (Wildman–Crippen LogP) is 2.52. The molecule has 0 bridgehead atoms. The third-order valence-electron chi connectivity index (χ3n) is 3.80. The van der Waals surface area contributed by atoms with E-state index in [1.54, 1.807) is 6.07 Å². The zero-order chi connectivity index (χ0) is 19.3. The summed E-state index contributed by atoms with van der Waals surface area (Å²) in [5.41, 5.74) is -2.71. The summed E-state index contributed by atoms with van der Waals surface area (Å²) in [4.78, 5) is 28.1. The van der Waals surface area contributed by atoms with Crippen LogP contribution in [0.4, 0.5) is 13.2 Å². The van der Waals surface area contributed by atoms with Gasteiger partial charge < -0.3 is 10.1 Å². The summed E-state index contributed by atoms with van der Waals surface area (Å²) >= 11 is 0. The van der Waals surface area contributed by atoms with Crippen LogP contribution >= 0.6 is 0 Å². The number of carbonyl (C=O) groups is 1.